The highest BCUT2D eigenvalue weighted by molar-refractivity contribution is 5.81. The molecule has 4 nitrogen and oxygen atoms in total. The van der Waals surface area contributed by atoms with Gasteiger partial charge in [0, 0.05) is 38.6 Å². The Morgan fingerprint density at radius 3 is 2.85 bits per heavy atom. The Morgan fingerprint density at radius 1 is 1.35 bits per heavy atom. The summed E-state index contributed by atoms with van der Waals surface area (Å²) in [5, 5.41) is 3.43. The van der Waals surface area contributed by atoms with Crippen molar-refractivity contribution in [1.82, 2.24) is 4.90 Å². The lowest BCUT2D eigenvalue weighted by Crippen LogP contribution is -2.37. The van der Waals surface area contributed by atoms with Crippen LogP contribution in [0.3, 0.4) is 0 Å². The summed E-state index contributed by atoms with van der Waals surface area (Å²) in [5.74, 6) is 0.147. The van der Waals surface area contributed by atoms with Crippen molar-refractivity contribution >= 4 is 17.3 Å². The Bertz CT molecular complexity index is 471. The Balaban J connectivity index is 2.18. The van der Waals surface area contributed by atoms with Crippen LogP contribution in [0.15, 0.2) is 18.2 Å². The van der Waals surface area contributed by atoms with Gasteiger partial charge in [-0.15, -0.1) is 0 Å². The van der Waals surface area contributed by atoms with Gasteiger partial charge in [-0.05, 0) is 43.0 Å². The first-order valence-corrected chi connectivity index (χ1v) is 7.43. The largest absolute Gasteiger partial charge is 0.385 e. The summed E-state index contributed by atoms with van der Waals surface area (Å²) in [6.07, 6.45) is 3.34. The molecular weight excluding hydrogens is 250 g/mol. The third-order valence-electron chi connectivity index (χ3n) is 3.71. The quantitative estimate of drug-likeness (QED) is 0.896. The minimum Gasteiger partial charge on any atom is -0.385 e. The Morgan fingerprint density at radius 2 is 2.15 bits per heavy atom. The molecule has 0 fully saturated rings. The number of rotatable bonds is 5. The van der Waals surface area contributed by atoms with Gasteiger partial charge < -0.3 is 15.1 Å². The van der Waals surface area contributed by atoms with Gasteiger partial charge in [-0.2, -0.15) is 0 Å². The number of fused-ring (bicyclic) bond motifs is 1. The van der Waals surface area contributed by atoms with Crippen molar-refractivity contribution in [2.24, 2.45) is 0 Å². The summed E-state index contributed by atoms with van der Waals surface area (Å²) in [4.78, 5) is 15.8. The predicted octanol–water partition coefficient (Wildman–Crippen LogP) is 2.35. The van der Waals surface area contributed by atoms with E-state index < -0.39 is 0 Å². The van der Waals surface area contributed by atoms with Crippen molar-refractivity contribution < 1.29 is 4.79 Å². The average Bonchev–Trinajstić information content (AvgIpc) is 2.46. The van der Waals surface area contributed by atoms with Crippen LogP contribution in [0.2, 0.25) is 0 Å². The number of nitrogens with one attached hydrogen (secondary N) is 1. The molecule has 0 aromatic heterocycles. The van der Waals surface area contributed by atoms with Crippen molar-refractivity contribution in [3.8, 4) is 0 Å². The molecule has 1 aromatic carbocycles. The number of benzene rings is 1. The lowest BCUT2D eigenvalue weighted by atomic mass is 10.0. The van der Waals surface area contributed by atoms with Gasteiger partial charge in [0.05, 0.1) is 6.54 Å². The van der Waals surface area contributed by atoms with E-state index in [1.54, 1.807) is 4.90 Å². The number of nitrogens with zero attached hydrogens (tertiary/aromatic N) is 2. The molecule has 0 saturated carbocycles. The molecule has 0 bridgehead atoms. The zero-order valence-electron chi connectivity index (χ0n) is 12.8. The molecule has 1 aliphatic heterocycles. The number of hydrogen-bond acceptors (Lipinski definition) is 3. The van der Waals surface area contributed by atoms with Crippen molar-refractivity contribution in [1.29, 1.82) is 0 Å². The van der Waals surface area contributed by atoms with E-state index in [0.29, 0.717) is 6.54 Å². The highest BCUT2D eigenvalue weighted by atomic mass is 16.2. The molecule has 1 N–H and O–H groups in total. The standard InChI is InChI=1S/C16H25N3O/c1-4-10-19(12-16(20)18(2)3)14-7-8-15-13(11-14)6-5-9-17-15/h7-8,11,17H,4-6,9-10,12H2,1-3H3. The zero-order valence-corrected chi connectivity index (χ0v) is 12.8. The number of amides is 1. The van der Waals surface area contributed by atoms with Gasteiger partial charge in [0.1, 0.15) is 0 Å². The summed E-state index contributed by atoms with van der Waals surface area (Å²) in [6.45, 7) is 4.57. The molecule has 1 amide bonds. The van der Waals surface area contributed by atoms with Crippen LogP contribution in [0, 0.1) is 0 Å². The van der Waals surface area contributed by atoms with Crippen LogP contribution < -0.4 is 10.2 Å². The fraction of sp³-hybridized carbons (Fsp3) is 0.562. The SMILES string of the molecule is CCCN(CC(=O)N(C)C)c1ccc2c(c1)CCCN2. The smallest absolute Gasteiger partial charge is 0.241 e. The average molecular weight is 275 g/mol. The monoisotopic (exact) mass is 275 g/mol. The molecule has 0 radical (unpaired) electrons. The van der Waals surface area contributed by atoms with Crippen molar-refractivity contribution in [3.05, 3.63) is 23.8 Å². The molecule has 20 heavy (non-hydrogen) atoms. The number of anilines is 2. The Kier molecular flexibility index (Phi) is 4.88. The van der Waals surface area contributed by atoms with Crippen LogP contribution in [0.5, 0.6) is 0 Å². The van der Waals surface area contributed by atoms with Crippen LogP contribution in [-0.2, 0) is 11.2 Å². The van der Waals surface area contributed by atoms with Gasteiger partial charge in [-0.1, -0.05) is 6.92 Å². The third kappa shape index (κ3) is 3.44. The maximum absolute atomic E-state index is 12.0. The van der Waals surface area contributed by atoms with E-state index in [0.717, 1.165) is 31.6 Å². The second kappa shape index (κ2) is 6.64. The molecular formula is C16H25N3O. The predicted molar refractivity (Wildman–Crippen MR) is 84.5 cm³/mol. The molecule has 1 aliphatic rings. The molecule has 2 rings (SSSR count). The van der Waals surface area contributed by atoms with Crippen LogP contribution in [0.4, 0.5) is 11.4 Å². The van der Waals surface area contributed by atoms with E-state index in [9.17, 15) is 4.79 Å². The maximum Gasteiger partial charge on any atom is 0.241 e. The first kappa shape index (κ1) is 14.7. The molecule has 0 aliphatic carbocycles. The van der Waals surface area contributed by atoms with E-state index >= 15 is 0 Å². The summed E-state index contributed by atoms with van der Waals surface area (Å²) in [6, 6.07) is 6.50. The van der Waals surface area contributed by atoms with Gasteiger partial charge in [0.25, 0.3) is 0 Å². The fourth-order valence-corrected chi connectivity index (χ4v) is 2.53. The highest BCUT2D eigenvalue weighted by Gasteiger charge is 2.15. The fourth-order valence-electron chi connectivity index (χ4n) is 2.53. The van der Waals surface area contributed by atoms with E-state index in [1.807, 2.05) is 14.1 Å². The van der Waals surface area contributed by atoms with E-state index in [2.05, 4.69) is 35.3 Å². The van der Waals surface area contributed by atoms with Gasteiger partial charge in [-0.25, -0.2) is 0 Å². The summed E-state index contributed by atoms with van der Waals surface area (Å²) in [5.41, 5.74) is 3.77. The molecule has 1 aromatic rings. The van der Waals surface area contributed by atoms with Crippen molar-refractivity contribution in [2.45, 2.75) is 26.2 Å². The van der Waals surface area contributed by atoms with E-state index in [4.69, 9.17) is 0 Å². The Hall–Kier alpha value is -1.71. The minimum atomic E-state index is 0.147. The maximum atomic E-state index is 12.0. The van der Waals surface area contributed by atoms with Gasteiger partial charge in [0.2, 0.25) is 5.91 Å². The number of carbonyl (C=O) groups excluding carboxylic acids is 1. The number of carbonyl (C=O) groups is 1. The van der Waals surface area contributed by atoms with Crippen molar-refractivity contribution in [2.75, 3.05) is 43.9 Å². The topological polar surface area (TPSA) is 35.6 Å². The summed E-state index contributed by atoms with van der Waals surface area (Å²) >= 11 is 0. The van der Waals surface area contributed by atoms with E-state index in [1.165, 1.54) is 17.7 Å². The van der Waals surface area contributed by atoms with Crippen LogP contribution in [0.25, 0.3) is 0 Å². The highest BCUT2D eigenvalue weighted by Crippen LogP contribution is 2.27. The zero-order chi connectivity index (χ0) is 14.5. The second-order valence-electron chi connectivity index (χ2n) is 5.58. The van der Waals surface area contributed by atoms with Crippen LogP contribution in [0.1, 0.15) is 25.3 Å². The molecule has 110 valence electrons. The normalized spacial score (nSPS) is 13.3. The minimum absolute atomic E-state index is 0.147. The van der Waals surface area contributed by atoms with Gasteiger partial charge in [-0.3, -0.25) is 4.79 Å². The summed E-state index contributed by atoms with van der Waals surface area (Å²) < 4.78 is 0. The van der Waals surface area contributed by atoms with Gasteiger partial charge >= 0.3 is 0 Å². The molecule has 0 saturated heterocycles. The number of hydrogen-bond donors (Lipinski definition) is 1. The first-order valence-electron chi connectivity index (χ1n) is 7.43. The Labute approximate surface area is 121 Å². The lowest BCUT2D eigenvalue weighted by Gasteiger charge is -2.27. The van der Waals surface area contributed by atoms with Crippen LogP contribution in [-0.4, -0.2) is 44.5 Å². The molecule has 0 atom stereocenters. The lowest BCUT2D eigenvalue weighted by molar-refractivity contribution is -0.127. The van der Waals surface area contributed by atoms with Crippen LogP contribution >= 0.6 is 0 Å². The number of aryl methyl sites for hydroxylation is 1. The first-order chi connectivity index (χ1) is 9.61. The molecule has 4 heteroatoms. The van der Waals surface area contributed by atoms with Gasteiger partial charge in [0.15, 0.2) is 0 Å². The molecule has 0 spiro atoms. The van der Waals surface area contributed by atoms with E-state index in [-0.39, 0.29) is 5.91 Å². The number of likely N-dealkylation sites (N-methyl/N-ethyl adjacent to an activating group) is 1. The third-order valence-corrected chi connectivity index (χ3v) is 3.71. The molecule has 1 heterocycles. The second-order valence-corrected chi connectivity index (χ2v) is 5.58. The van der Waals surface area contributed by atoms with Crippen molar-refractivity contribution in [3.63, 3.8) is 0 Å². The summed E-state index contributed by atoms with van der Waals surface area (Å²) in [7, 11) is 3.62. The molecule has 0 unspecified atom stereocenters.